The lowest BCUT2D eigenvalue weighted by molar-refractivity contribution is 0.946. The van der Waals surface area contributed by atoms with Gasteiger partial charge in [0.15, 0.2) is 0 Å². The molecule has 0 amide bonds. The third-order valence-corrected chi connectivity index (χ3v) is 4.67. The van der Waals surface area contributed by atoms with E-state index >= 15 is 0 Å². The predicted molar refractivity (Wildman–Crippen MR) is 103 cm³/mol. The Morgan fingerprint density at radius 1 is 1.04 bits per heavy atom. The van der Waals surface area contributed by atoms with Crippen LogP contribution in [0.3, 0.4) is 0 Å². The molecule has 2 aromatic carbocycles. The van der Waals surface area contributed by atoms with Crippen LogP contribution in [0.5, 0.6) is 0 Å². The van der Waals surface area contributed by atoms with Gasteiger partial charge in [-0.25, -0.2) is 9.97 Å². The van der Waals surface area contributed by atoms with Gasteiger partial charge in [0.05, 0.1) is 0 Å². The number of rotatable bonds is 3. The Morgan fingerprint density at radius 3 is 2.72 bits per heavy atom. The van der Waals surface area contributed by atoms with Crippen molar-refractivity contribution in [3.63, 3.8) is 0 Å². The molecule has 0 saturated carbocycles. The second-order valence-corrected chi connectivity index (χ2v) is 6.71. The summed E-state index contributed by atoms with van der Waals surface area (Å²) < 4.78 is 0. The summed E-state index contributed by atoms with van der Waals surface area (Å²) in [6, 6.07) is 16.3. The molecule has 0 fully saturated rings. The van der Waals surface area contributed by atoms with E-state index in [1.54, 1.807) is 0 Å². The number of halogens is 1. The maximum atomic E-state index is 6.04. The van der Waals surface area contributed by atoms with Gasteiger partial charge in [0.25, 0.3) is 0 Å². The number of para-hydroxylation sites is 1. The van der Waals surface area contributed by atoms with Crippen LogP contribution in [0.25, 0.3) is 0 Å². The lowest BCUT2D eigenvalue weighted by atomic mass is 10.2. The maximum absolute atomic E-state index is 6.04. The van der Waals surface area contributed by atoms with Gasteiger partial charge in [-0.05, 0) is 55.7 Å². The predicted octanol–water partition coefficient (Wildman–Crippen LogP) is 5.18. The Labute approximate surface area is 152 Å². The fourth-order valence-electron chi connectivity index (χ4n) is 3.24. The fraction of sp³-hybridized carbons (Fsp3) is 0.200. The highest BCUT2D eigenvalue weighted by Crippen LogP contribution is 2.34. The third kappa shape index (κ3) is 3.17. The lowest BCUT2D eigenvalue weighted by Gasteiger charge is -2.20. The minimum Gasteiger partial charge on any atom is -0.340 e. The minimum atomic E-state index is 0.733. The Kier molecular flexibility index (Phi) is 4.06. The molecular weight excluding hydrogens is 332 g/mol. The lowest BCUT2D eigenvalue weighted by Crippen LogP contribution is -2.16. The van der Waals surface area contributed by atoms with Gasteiger partial charge in [0.1, 0.15) is 17.5 Å². The van der Waals surface area contributed by atoms with Crippen molar-refractivity contribution in [2.75, 3.05) is 16.8 Å². The fourth-order valence-corrected chi connectivity index (χ4v) is 3.46. The second-order valence-electron chi connectivity index (χ2n) is 6.27. The van der Waals surface area contributed by atoms with E-state index in [0.29, 0.717) is 0 Å². The monoisotopic (exact) mass is 350 g/mol. The first-order chi connectivity index (χ1) is 12.1. The molecule has 5 heteroatoms. The highest BCUT2D eigenvalue weighted by Gasteiger charge is 2.21. The molecule has 1 N–H and O–H groups in total. The topological polar surface area (TPSA) is 41.1 Å². The Hall–Kier alpha value is -2.59. The van der Waals surface area contributed by atoms with E-state index in [0.717, 1.165) is 46.7 Å². The number of anilines is 4. The molecule has 0 spiro atoms. The summed E-state index contributed by atoms with van der Waals surface area (Å²) in [6.45, 7) is 4.89. The zero-order valence-corrected chi connectivity index (χ0v) is 15.0. The second kappa shape index (κ2) is 6.37. The summed E-state index contributed by atoms with van der Waals surface area (Å²) in [5.41, 5.74) is 4.67. The average Bonchev–Trinajstić information content (AvgIpc) is 3.01. The Bertz CT molecular complexity index is 939. The van der Waals surface area contributed by atoms with Gasteiger partial charge in [0, 0.05) is 29.0 Å². The molecule has 1 aromatic heterocycles. The van der Waals surface area contributed by atoms with Crippen LogP contribution in [-0.2, 0) is 6.42 Å². The number of benzene rings is 2. The molecule has 0 saturated heterocycles. The molecule has 4 rings (SSSR count). The van der Waals surface area contributed by atoms with Gasteiger partial charge in [-0.2, -0.15) is 0 Å². The van der Waals surface area contributed by atoms with E-state index in [-0.39, 0.29) is 0 Å². The van der Waals surface area contributed by atoms with E-state index < -0.39 is 0 Å². The van der Waals surface area contributed by atoms with Gasteiger partial charge >= 0.3 is 0 Å². The molecule has 126 valence electrons. The number of hydrogen-bond donors (Lipinski definition) is 1. The Morgan fingerprint density at radius 2 is 1.88 bits per heavy atom. The van der Waals surface area contributed by atoms with Crippen molar-refractivity contribution in [2.24, 2.45) is 0 Å². The van der Waals surface area contributed by atoms with Gasteiger partial charge in [-0.1, -0.05) is 29.8 Å². The standard InChI is InChI=1S/C20H19ClN4/c1-13-11-16(21)7-8-17(13)24-19-12-20(23-14(2)22-19)25-10-9-15-5-3-4-6-18(15)25/h3-8,11-12H,9-10H2,1-2H3,(H,22,23,24). The number of hydrogen-bond acceptors (Lipinski definition) is 4. The highest BCUT2D eigenvalue weighted by atomic mass is 35.5. The highest BCUT2D eigenvalue weighted by molar-refractivity contribution is 6.30. The first-order valence-electron chi connectivity index (χ1n) is 8.34. The van der Waals surface area contributed by atoms with E-state index in [2.05, 4.69) is 44.5 Å². The molecule has 0 bridgehead atoms. The SMILES string of the molecule is Cc1nc(Nc2ccc(Cl)cc2C)cc(N2CCc3ccccc32)n1. The van der Waals surface area contributed by atoms with E-state index in [4.69, 9.17) is 11.6 Å². The van der Waals surface area contributed by atoms with E-state index in [1.807, 2.05) is 38.1 Å². The third-order valence-electron chi connectivity index (χ3n) is 4.44. The Balaban J connectivity index is 1.68. The normalized spacial score (nSPS) is 13.0. The first kappa shape index (κ1) is 15.9. The molecule has 0 aliphatic carbocycles. The number of fused-ring (bicyclic) bond motifs is 1. The zero-order valence-electron chi connectivity index (χ0n) is 14.3. The molecule has 0 radical (unpaired) electrons. The van der Waals surface area contributed by atoms with E-state index in [1.165, 1.54) is 11.3 Å². The van der Waals surface area contributed by atoms with Crippen molar-refractivity contribution in [3.05, 3.63) is 70.5 Å². The van der Waals surface area contributed by atoms with Crippen LogP contribution in [0.4, 0.5) is 23.0 Å². The van der Waals surface area contributed by atoms with Crippen LogP contribution >= 0.6 is 11.6 Å². The molecule has 25 heavy (non-hydrogen) atoms. The van der Waals surface area contributed by atoms with Gasteiger partial charge in [0.2, 0.25) is 0 Å². The molecule has 3 aromatic rings. The number of nitrogens with zero attached hydrogens (tertiary/aromatic N) is 3. The molecule has 4 nitrogen and oxygen atoms in total. The summed E-state index contributed by atoms with van der Waals surface area (Å²) >= 11 is 6.04. The molecule has 1 aliphatic rings. The molecule has 0 atom stereocenters. The smallest absolute Gasteiger partial charge is 0.138 e. The summed E-state index contributed by atoms with van der Waals surface area (Å²) in [4.78, 5) is 11.4. The van der Waals surface area contributed by atoms with E-state index in [9.17, 15) is 0 Å². The van der Waals surface area contributed by atoms with Crippen LogP contribution in [0, 0.1) is 13.8 Å². The van der Waals surface area contributed by atoms with Crippen LogP contribution in [0.15, 0.2) is 48.5 Å². The van der Waals surface area contributed by atoms with Crippen molar-refractivity contribution in [1.29, 1.82) is 0 Å². The summed E-state index contributed by atoms with van der Waals surface area (Å²) in [6.07, 6.45) is 1.04. The van der Waals surface area contributed by atoms with Crippen LogP contribution in [-0.4, -0.2) is 16.5 Å². The van der Waals surface area contributed by atoms with Gasteiger partial charge in [-0.3, -0.25) is 0 Å². The van der Waals surface area contributed by atoms with Crippen molar-refractivity contribution >= 4 is 34.6 Å². The largest absolute Gasteiger partial charge is 0.340 e. The van der Waals surface area contributed by atoms with Crippen molar-refractivity contribution < 1.29 is 0 Å². The molecule has 0 unspecified atom stereocenters. The van der Waals surface area contributed by atoms with Crippen LogP contribution in [0.2, 0.25) is 5.02 Å². The molecule has 2 heterocycles. The van der Waals surface area contributed by atoms with Crippen LogP contribution in [0.1, 0.15) is 17.0 Å². The van der Waals surface area contributed by atoms with Crippen LogP contribution < -0.4 is 10.2 Å². The number of aromatic nitrogens is 2. The first-order valence-corrected chi connectivity index (χ1v) is 8.72. The van der Waals surface area contributed by atoms with Crippen molar-refractivity contribution in [1.82, 2.24) is 9.97 Å². The maximum Gasteiger partial charge on any atom is 0.138 e. The average molecular weight is 351 g/mol. The van der Waals surface area contributed by atoms with Gasteiger partial charge in [-0.15, -0.1) is 0 Å². The number of aryl methyl sites for hydroxylation is 2. The van der Waals surface area contributed by atoms with Crippen molar-refractivity contribution in [3.8, 4) is 0 Å². The summed E-state index contributed by atoms with van der Waals surface area (Å²) in [7, 11) is 0. The summed E-state index contributed by atoms with van der Waals surface area (Å²) in [5.74, 6) is 2.46. The minimum absolute atomic E-state index is 0.733. The van der Waals surface area contributed by atoms with Crippen molar-refractivity contribution in [2.45, 2.75) is 20.3 Å². The summed E-state index contributed by atoms with van der Waals surface area (Å²) in [5, 5.41) is 4.12. The van der Waals surface area contributed by atoms with Gasteiger partial charge < -0.3 is 10.2 Å². The molecular formula is C20H19ClN4. The zero-order chi connectivity index (χ0) is 17.4. The quantitative estimate of drug-likeness (QED) is 0.706. The number of nitrogens with one attached hydrogen (secondary N) is 1. The molecule has 1 aliphatic heterocycles.